The average Bonchev–Trinajstić information content (AvgIpc) is 3.60. The van der Waals surface area contributed by atoms with Crippen molar-refractivity contribution in [1.82, 2.24) is 39.5 Å². The number of piperazine rings is 2. The topological polar surface area (TPSA) is 98.0 Å². The number of aromatic nitrogens is 5. The minimum atomic E-state index is 0.182. The Morgan fingerprint density at radius 1 is 1.05 bits per heavy atom. The number of pyridine rings is 1. The number of carbonyl (C=O) groups is 1. The van der Waals surface area contributed by atoms with E-state index in [4.69, 9.17) is 4.98 Å². The van der Waals surface area contributed by atoms with E-state index < -0.39 is 0 Å². The molecule has 4 fully saturated rings. The Morgan fingerprint density at radius 2 is 1.85 bits per heavy atom. The third-order valence-corrected chi connectivity index (χ3v) is 9.10. The van der Waals surface area contributed by atoms with Crippen molar-refractivity contribution in [2.45, 2.75) is 38.4 Å². The standard InChI is InChI=1S/C28H34N10OS/c1-18(2)31-23-14-24(25-7-6-19-5-4-8-30-38(19)25)29-15-22(23)26-32-33-27(40-26)37-20-13-21(37)17-36(16-20)28(39)35-11-9-34(3)10-12-35/h4-8,14-15,18,20-21H,9-13,16-17H2,1-3H3,(H,29,31). The molecule has 4 saturated heterocycles. The lowest BCUT2D eigenvalue weighted by Crippen LogP contribution is -2.71. The van der Waals surface area contributed by atoms with Gasteiger partial charge in [0.15, 0.2) is 5.01 Å². The summed E-state index contributed by atoms with van der Waals surface area (Å²) in [5, 5.41) is 19.0. The maximum Gasteiger partial charge on any atom is 0.320 e. The average molecular weight is 559 g/mol. The van der Waals surface area contributed by atoms with Gasteiger partial charge in [-0.05, 0) is 57.6 Å². The smallest absolute Gasteiger partial charge is 0.320 e. The van der Waals surface area contributed by atoms with Crippen molar-refractivity contribution in [2.24, 2.45) is 0 Å². The summed E-state index contributed by atoms with van der Waals surface area (Å²) in [6, 6.07) is 11.1. The summed E-state index contributed by atoms with van der Waals surface area (Å²) >= 11 is 1.60. The van der Waals surface area contributed by atoms with Crippen LogP contribution >= 0.6 is 11.3 Å². The lowest BCUT2D eigenvalue weighted by Gasteiger charge is -2.56. The van der Waals surface area contributed by atoms with Crippen LogP contribution in [-0.2, 0) is 0 Å². The molecule has 2 unspecified atom stereocenters. The highest BCUT2D eigenvalue weighted by molar-refractivity contribution is 7.18. The van der Waals surface area contributed by atoms with Gasteiger partial charge in [-0.15, -0.1) is 10.2 Å². The number of hydrogen-bond donors (Lipinski definition) is 1. The number of likely N-dealkylation sites (N-methyl/N-ethyl adjacent to an activating group) is 1. The van der Waals surface area contributed by atoms with Crippen molar-refractivity contribution >= 4 is 33.7 Å². The second-order valence-corrected chi connectivity index (χ2v) is 12.3. The Labute approximate surface area is 237 Å². The molecule has 0 aromatic carbocycles. The zero-order valence-corrected chi connectivity index (χ0v) is 23.9. The zero-order valence-electron chi connectivity index (χ0n) is 23.1. The van der Waals surface area contributed by atoms with Crippen molar-refractivity contribution < 1.29 is 4.79 Å². The molecule has 1 N–H and O–H groups in total. The van der Waals surface area contributed by atoms with Crippen LogP contribution < -0.4 is 10.2 Å². The number of urea groups is 1. The molecule has 4 aliphatic heterocycles. The van der Waals surface area contributed by atoms with E-state index in [0.717, 1.165) is 84.0 Å². The maximum absolute atomic E-state index is 13.1. The van der Waals surface area contributed by atoms with E-state index in [1.54, 1.807) is 17.5 Å². The molecule has 2 atom stereocenters. The Balaban J connectivity index is 1.10. The second-order valence-electron chi connectivity index (χ2n) is 11.3. The van der Waals surface area contributed by atoms with E-state index in [-0.39, 0.29) is 12.1 Å². The SMILES string of the molecule is CC(C)Nc1cc(-c2ccc3cccnn23)ncc1-c1nnc(N2C3CC2CN(C(=O)N2CCN(C)CC2)C3)s1. The molecule has 0 spiro atoms. The van der Waals surface area contributed by atoms with Gasteiger partial charge in [-0.3, -0.25) is 4.98 Å². The molecule has 4 aliphatic rings. The first-order chi connectivity index (χ1) is 19.4. The fourth-order valence-electron chi connectivity index (χ4n) is 6.04. The van der Waals surface area contributed by atoms with E-state index in [0.29, 0.717) is 12.1 Å². The van der Waals surface area contributed by atoms with E-state index in [9.17, 15) is 4.79 Å². The van der Waals surface area contributed by atoms with Gasteiger partial charge >= 0.3 is 6.03 Å². The van der Waals surface area contributed by atoms with Gasteiger partial charge in [0.25, 0.3) is 0 Å². The van der Waals surface area contributed by atoms with E-state index in [1.165, 1.54) is 0 Å². The van der Waals surface area contributed by atoms with E-state index >= 15 is 0 Å². The number of carbonyl (C=O) groups excluding carboxylic acids is 1. The molecule has 8 heterocycles. The predicted octanol–water partition coefficient (Wildman–Crippen LogP) is 3.37. The minimum absolute atomic E-state index is 0.182. The molecule has 12 heteroatoms. The first kappa shape index (κ1) is 25.2. The highest BCUT2D eigenvalue weighted by Gasteiger charge is 2.48. The Bertz CT molecular complexity index is 1530. The van der Waals surface area contributed by atoms with E-state index in [2.05, 4.69) is 57.4 Å². The number of amides is 2. The summed E-state index contributed by atoms with van der Waals surface area (Å²) in [6.45, 7) is 9.23. The molecule has 2 bridgehead atoms. The number of hydrogen-bond acceptors (Lipinski definition) is 9. The summed E-state index contributed by atoms with van der Waals surface area (Å²) in [4.78, 5) is 26.6. The lowest BCUT2D eigenvalue weighted by atomic mass is 9.88. The van der Waals surface area contributed by atoms with Crippen LogP contribution in [0.1, 0.15) is 20.3 Å². The van der Waals surface area contributed by atoms with Crippen LogP contribution in [0.15, 0.2) is 42.7 Å². The van der Waals surface area contributed by atoms with Gasteiger partial charge in [0.05, 0.1) is 34.6 Å². The number of fused-ring (bicyclic) bond motifs is 3. The number of nitrogens with one attached hydrogen (secondary N) is 1. The molecule has 4 aromatic rings. The van der Waals surface area contributed by atoms with Gasteiger partial charge in [-0.1, -0.05) is 11.3 Å². The van der Waals surface area contributed by atoms with Crippen LogP contribution in [0.2, 0.25) is 0 Å². The number of anilines is 2. The first-order valence-corrected chi connectivity index (χ1v) is 14.8. The quantitative estimate of drug-likeness (QED) is 0.398. The van der Waals surface area contributed by atoms with Crippen LogP contribution in [0.3, 0.4) is 0 Å². The first-order valence-electron chi connectivity index (χ1n) is 14.0. The van der Waals surface area contributed by atoms with Crippen molar-refractivity contribution in [2.75, 3.05) is 56.5 Å². The number of piperidine rings is 1. The molecule has 2 amide bonds. The fraction of sp³-hybridized carbons (Fsp3) is 0.464. The highest BCUT2D eigenvalue weighted by atomic mass is 32.1. The van der Waals surface area contributed by atoms with Gasteiger partial charge in [0, 0.05) is 63.4 Å². The summed E-state index contributed by atoms with van der Waals surface area (Å²) in [6.07, 6.45) is 4.77. The molecule has 8 rings (SSSR count). The third-order valence-electron chi connectivity index (χ3n) is 8.13. The van der Waals surface area contributed by atoms with Crippen molar-refractivity contribution in [3.63, 3.8) is 0 Å². The molecule has 0 saturated carbocycles. The van der Waals surface area contributed by atoms with Crippen molar-refractivity contribution in [3.8, 4) is 22.0 Å². The van der Waals surface area contributed by atoms with Crippen LogP contribution in [0.25, 0.3) is 27.5 Å². The maximum atomic E-state index is 13.1. The fourth-order valence-corrected chi connectivity index (χ4v) is 7.05. The van der Waals surface area contributed by atoms with Gasteiger partial charge in [0.1, 0.15) is 0 Å². The Hall–Kier alpha value is -3.77. The Kier molecular flexibility index (Phi) is 6.31. The molecular weight excluding hydrogens is 524 g/mol. The predicted molar refractivity (Wildman–Crippen MR) is 157 cm³/mol. The third kappa shape index (κ3) is 4.44. The normalized spacial score (nSPS) is 21.2. The summed E-state index contributed by atoms with van der Waals surface area (Å²) in [7, 11) is 2.11. The summed E-state index contributed by atoms with van der Waals surface area (Å²) in [5.74, 6) is 0. The largest absolute Gasteiger partial charge is 0.382 e. The van der Waals surface area contributed by atoms with Crippen molar-refractivity contribution in [1.29, 1.82) is 0 Å². The van der Waals surface area contributed by atoms with E-state index in [1.807, 2.05) is 44.8 Å². The lowest BCUT2D eigenvalue weighted by molar-refractivity contribution is 0.0857. The van der Waals surface area contributed by atoms with Crippen LogP contribution in [-0.4, -0.2) is 110 Å². The molecule has 208 valence electrons. The highest BCUT2D eigenvalue weighted by Crippen LogP contribution is 2.42. The van der Waals surface area contributed by atoms with Gasteiger partial charge in [-0.25, -0.2) is 9.31 Å². The number of rotatable bonds is 5. The molecule has 0 radical (unpaired) electrons. The van der Waals surface area contributed by atoms with Crippen molar-refractivity contribution in [3.05, 3.63) is 42.7 Å². The van der Waals surface area contributed by atoms with Crippen LogP contribution in [0.4, 0.5) is 15.6 Å². The number of nitrogens with zero attached hydrogens (tertiary/aromatic N) is 9. The van der Waals surface area contributed by atoms with Crippen LogP contribution in [0, 0.1) is 0 Å². The molecular formula is C28H34N10OS. The molecule has 0 aliphatic carbocycles. The Morgan fingerprint density at radius 3 is 2.62 bits per heavy atom. The summed E-state index contributed by atoms with van der Waals surface area (Å²) < 4.78 is 1.91. The monoisotopic (exact) mass is 558 g/mol. The summed E-state index contributed by atoms with van der Waals surface area (Å²) in [5.41, 5.74) is 4.72. The van der Waals surface area contributed by atoms with Crippen LogP contribution in [0.5, 0.6) is 0 Å². The minimum Gasteiger partial charge on any atom is -0.382 e. The molecule has 11 nitrogen and oxygen atoms in total. The zero-order chi connectivity index (χ0) is 27.4. The molecule has 4 aromatic heterocycles. The van der Waals surface area contributed by atoms with Gasteiger partial charge in [0.2, 0.25) is 5.13 Å². The second kappa shape index (κ2) is 10.0. The molecule has 40 heavy (non-hydrogen) atoms. The van der Waals surface area contributed by atoms with Gasteiger partial charge < -0.3 is 24.9 Å². The van der Waals surface area contributed by atoms with Gasteiger partial charge in [-0.2, -0.15) is 5.10 Å².